The first-order valence-electron chi connectivity index (χ1n) is 6.77. The summed E-state index contributed by atoms with van der Waals surface area (Å²) < 4.78 is 12.0. The summed E-state index contributed by atoms with van der Waals surface area (Å²) >= 11 is 9.25. The molecule has 0 aromatic heterocycles. The summed E-state index contributed by atoms with van der Waals surface area (Å²) in [4.78, 5) is 11.1. The van der Waals surface area contributed by atoms with Crippen molar-refractivity contribution in [3.63, 3.8) is 0 Å². The fourth-order valence-corrected chi connectivity index (χ4v) is 3.09. The maximum atomic E-state index is 11.1. The molecule has 0 atom stereocenters. The van der Waals surface area contributed by atoms with Crippen molar-refractivity contribution in [1.29, 1.82) is 0 Å². The lowest BCUT2D eigenvalue weighted by atomic mass is 10.1. The molecule has 0 heterocycles. The Bertz CT molecular complexity index is 666. The third kappa shape index (κ3) is 4.49. The highest BCUT2D eigenvalue weighted by atomic mass is 79.9. The minimum atomic E-state index is 0.327. The molecule has 2 aromatic rings. The molecule has 0 fully saturated rings. The highest BCUT2D eigenvalue weighted by Crippen LogP contribution is 2.31. The van der Waals surface area contributed by atoms with Crippen molar-refractivity contribution in [3.8, 4) is 11.5 Å². The molecule has 0 aliphatic rings. The van der Waals surface area contributed by atoms with Gasteiger partial charge in [0.2, 0.25) is 0 Å². The average molecular weight is 384 g/mol. The van der Waals surface area contributed by atoms with Gasteiger partial charge >= 0.3 is 0 Å². The van der Waals surface area contributed by atoms with Crippen molar-refractivity contribution in [3.05, 3.63) is 56.5 Å². The number of aryl methyl sites for hydroxylation is 2. The van der Waals surface area contributed by atoms with Crippen molar-refractivity contribution >= 4 is 33.8 Å². The van der Waals surface area contributed by atoms with Crippen LogP contribution in [-0.4, -0.2) is 19.5 Å². The van der Waals surface area contributed by atoms with Crippen molar-refractivity contribution in [2.45, 2.75) is 13.8 Å². The number of hydrogen-bond acceptors (Lipinski definition) is 3. The van der Waals surface area contributed by atoms with Crippen molar-refractivity contribution in [2.75, 3.05) is 13.2 Å². The topological polar surface area (TPSA) is 35.5 Å². The first-order chi connectivity index (χ1) is 10.5. The Kier molecular flexibility index (Phi) is 5.86. The summed E-state index contributed by atoms with van der Waals surface area (Å²) in [5, 5.41) is 0.479. The van der Waals surface area contributed by atoms with Gasteiger partial charge in [0.1, 0.15) is 24.7 Å². The van der Waals surface area contributed by atoms with E-state index in [4.69, 9.17) is 21.1 Å². The number of carbonyl (C=O) groups excluding carboxylic acids is 1. The molecule has 2 rings (SSSR count). The fraction of sp³-hybridized carbons (Fsp3) is 0.235. The maximum Gasteiger partial charge on any atom is 0.153 e. The van der Waals surface area contributed by atoms with Gasteiger partial charge in [0.15, 0.2) is 6.29 Å². The van der Waals surface area contributed by atoms with E-state index in [0.29, 0.717) is 34.0 Å². The predicted molar refractivity (Wildman–Crippen MR) is 91.4 cm³/mol. The Morgan fingerprint density at radius 3 is 2.32 bits per heavy atom. The third-order valence-corrected chi connectivity index (χ3v) is 3.76. The van der Waals surface area contributed by atoms with E-state index in [0.717, 1.165) is 23.2 Å². The van der Waals surface area contributed by atoms with Gasteiger partial charge in [0.25, 0.3) is 0 Å². The van der Waals surface area contributed by atoms with E-state index in [-0.39, 0.29) is 0 Å². The Labute approximate surface area is 143 Å². The second kappa shape index (κ2) is 7.65. The summed E-state index contributed by atoms with van der Waals surface area (Å²) in [5.74, 6) is 1.29. The number of rotatable bonds is 6. The van der Waals surface area contributed by atoms with Crippen LogP contribution < -0.4 is 9.47 Å². The Morgan fingerprint density at radius 2 is 1.68 bits per heavy atom. The van der Waals surface area contributed by atoms with Gasteiger partial charge in [-0.3, -0.25) is 4.79 Å². The fourth-order valence-electron chi connectivity index (χ4n) is 2.14. The van der Waals surface area contributed by atoms with E-state index in [9.17, 15) is 4.79 Å². The second-order valence-corrected chi connectivity index (χ2v) is 6.23. The van der Waals surface area contributed by atoms with E-state index in [1.807, 2.05) is 26.0 Å². The number of ether oxygens (including phenoxy) is 2. The lowest BCUT2D eigenvalue weighted by Gasteiger charge is -2.12. The zero-order valence-electron chi connectivity index (χ0n) is 12.4. The van der Waals surface area contributed by atoms with E-state index in [1.165, 1.54) is 0 Å². The quantitative estimate of drug-likeness (QED) is 0.521. The van der Waals surface area contributed by atoms with Gasteiger partial charge in [-0.05, 0) is 65.2 Å². The van der Waals surface area contributed by atoms with Crippen LogP contribution in [0.4, 0.5) is 0 Å². The SMILES string of the molecule is Cc1cc(C)cc(OCCOc2c(Br)cc(Cl)cc2C=O)c1. The van der Waals surface area contributed by atoms with E-state index in [1.54, 1.807) is 12.1 Å². The standard InChI is InChI=1S/C17H16BrClO3/c1-11-5-12(2)7-15(6-11)21-3-4-22-17-13(10-20)8-14(19)9-16(17)18/h5-10H,3-4H2,1-2H3. The highest BCUT2D eigenvalue weighted by Gasteiger charge is 2.10. The van der Waals surface area contributed by atoms with E-state index < -0.39 is 0 Å². The molecule has 0 aliphatic heterocycles. The third-order valence-electron chi connectivity index (χ3n) is 2.96. The predicted octanol–water partition coefficient (Wildman–Crippen LogP) is 4.99. The van der Waals surface area contributed by atoms with Gasteiger partial charge in [-0.25, -0.2) is 0 Å². The number of carbonyl (C=O) groups is 1. The minimum Gasteiger partial charge on any atom is -0.490 e. The van der Waals surface area contributed by atoms with Crippen LogP contribution >= 0.6 is 27.5 Å². The number of benzene rings is 2. The van der Waals surface area contributed by atoms with Crippen LogP contribution in [0.25, 0.3) is 0 Å². The largest absolute Gasteiger partial charge is 0.490 e. The zero-order valence-corrected chi connectivity index (χ0v) is 14.7. The van der Waals surface area contributed by atoms with Crippen LogP contribution in [0, 0.1) is 13.8 Å². The molecule has 0 saturated carbocycles. The molecule has 0 aliphatic carbocycles. The van der Waals surface area contributed by atoms with Gasteiger partial charge < -0.3 is 9.47 Å². The number of aldehydes is 1. The van der Waals surface area contributed by atoms with Crippen molar-refractivity contribution in [2.24, 2.45) is 0 Å². The minimum absolute atomic E-state index is 0.327. The number of hydrogen-bond donors (Lipinski definition) is 0. The molecule has 22 heavy (non-hydrogen) atoms. The molecule has 5 heteroatoms. The highest BCUT2D eigenvalue weighted by molar-refractivity contribution is 9.10. The molecule has 0 spiro atoms. The lowest BCUT2D eigenvalue weighted by Crippen LogP contribution is -2.10. The van der Waals surface area contributed by atoms with Crippen LogP contribution in [0.1, 0.15) is 21.5 Å². The Hall–Kier alpha value is -1.52. The second-order valence-electron chi connectivity index (χ2n) is 4.94. The van der Waals surface area contributed by atoms with Crippen LogP contribution in [0.3, 0.4) is 0 Å². The molecule has 0 radical (unpaired) electrons. The molecule has 0 saturated heterocycles. The molecule has 0 amide bonds. The van der Waals surface area contributed by atoms with E-state index >= 15 is 0 Å². The molecular weight excluding hydrogens is 368 g/mol. The Morgan fingerprint density at radius 1 is 1.05 bits per heavy atom. The number of halogens is 2. The molecule has 116 valence electrons. The first-order valence-corrected chi connectivity index (χ1v) is 7.95. The van der Waals surface area contributed by atoms with Crippen molar-refractivity contribution in [1.82, 2.24) is 0 Å². The molecular formula is C17H16BrClO3. The molecule has 0 N–H and O–H groups in total. The smallest absolute Gasteiger partial charge is 0.153 e. The van der Waals surface area contributed by atoms with Gasteiger partial charge in [0, 0.05) is 5.02 Å². The van der Waals surface area contributed by atoms with Gasteiger partial charge in [-0.15, -0.1) is 0 Å². The van der Waals surface area contributed by atoms with E-state index in [2.05, 4.69) is 22.0 Å². The molecule has 0 unspecified atom stereocenters. The summed E-state index contributed by atoms with van der Waals surface area (Å²) in [7, 11) is 0. The van der Waals surface area contributed by atoms with Crippen molar-refractivity contribution < 1.29 is 14.3 Å². The monoisotopic (exact) mass is 382 g/mol. The maximum absolute atomic E-state index is 11.1. The molecule has 2 aromatic carbocycles. The summed E-state index contributed by atoms with van der Waals surface area (Å²) in [6, 6.07) is 9.29. The zero-order chi connectivity index (χ0) is 16.1. The summed E-state index contributed by atoms with van der Waals surface area (Å²) in [5.41, 5.74) is 2.71. The molecule has 3 nitrogen and oxygen atoms in total. The first kappa shape index (κ1) is 16.8. The Balaban J connectivity index is 1.95. The lowest BCUT2D eigenvalue weighted by molar-refractivity contribution is 0.111. The summed E-state index contributed by atoms with van der Waals surface area (Å²) in [6.07, 6.45) is 0.719. The molecule has 0 bridgehead atoms. The van der Waals surface area contributed by atoms with Crippen LogP contribution in [-0.2, 0) is 0 Å². The van der Waals surface area contributed by atoms with Gasteiger partial charge in [0.05, 0.1) is 10.0 Å². The van der Waals surface area contributed by atoms with Crippen LogP contribution in [0.5, 0.6) is 11.5 Å². The summed E-state index contributed by atoms with van der Waals surface area (Å²) in [6.45, 7) is 4.76. The van der Waals surface area contributed by atoms with Gasteiger partial charge in [-0.1, -0.05) is 17.7 Å². The normalized spacial score (nSPS) is 10.4. The average Bonchev–Trinajstić information content (AvgIpc) is 2.43. The van der Waals surface area contributed by atoms with Crippen LogP contribution in [0.15, 0.2) is 34.8 Å². The van der Waals surface area contributed by atoms with Gasteiger partial charge in [-0.2, -0.15) is 0 Å². The van der Waals surface area contributed by atoms with Crippen LogP contribution in [0.2, 0.25) is 5.02 Å².